The molecule has 1 aromatic carbocycles. The zero-order chi connectivity index (χ0) is 26.1. The van der Waals surface area contributed by atoms with E-state index < -0.39 is 36.1 Å². The number of carbonyl (C=O) groups is 2. The lowest BCUT2D eigenvalue weighted by molar-refractivity contribution is 0.00578. The minimum atomic E-state index is -1.06. The molecule has 36 heavy (non-hydrogen) atoms. The van der Waals surface area contributed by atoms with Crippen LogP contribution in [-0.2, 0) is 9.31 Å². The van der Waals surface area contributed by atoms with Crippen LogP contribution in [0.25, 0.3) is 0 Å². The monoisotopic (exact) mass is 499 g/mol. The summed E-state index contributed by atoms with van der Waals surface area (Å²) in [5, 5.41) is 14.2. The van der Waals surface area contributed by atoms with Gasteiger partial charge in [-0.15, -0.1) is 0 Å². The third-order valence-corrected chi connectivity index (χ3v) is 7.05. The molecule has 0 atom stereocenters. The van der Waals surface area contributed by atoms with Gasteiger partial charge in [-0.3, -0.25) is 4.79 Å². The van der Waals surface area contributed by atoms with E-state index in [4.69, 9.17) is 19.2 Å². The summed E-state index contributed by atoms with van der Waals surface area (Å²) in [5.41, 5.74) is -0.282. The summed E-state index contributed by atoms with van der Waals surface area (Å²) < 4.78 is 32.1. The standard InChI is InChI=1S/C25H31BFN3O6/c1-24(2)25(3,4)36-26(35-24)15-6-5-7-19(12-15)34-22-20(13-16(27)14-28-22)21(31)29-17-8-10-18(11-9-17)30-23(32)33/h5-7,12-14,17-18,30H,8-11H2,1-4H3,(H,29,31)(H,32,33)/t17-,18-. The van der Waals surface area contributed by atoms with E-state index in [1.807, 2.05) is 33.8 Å². The smallest absolute Gasteiger partial charge is 0.465 e. The molecular weight excluding hydrogens is 468 g/mol. The first-order chi connectivity index (χ1) is 16.9. The highest BCUT2D eigenvalue weighted by atomic mass is 19.1. The Labute approximate surface area is 209 Å². The van der Waals surface area contributed by atoms with Gasteiger partial charge in [0.1, 0.15) is 17.1 Å². The second-order valence-corrected chi connectivity index (χ2v) is 10.2. The lowest BCUT2D eigenvalue weighted by Gasteiger charge is -2.32. The van der Waals surface area contributed by atoms with Crippen molar-refractivity contribution in [1.29, 1.82) is 0 Å². The van der Waals surface area contributed by atoms with Crippen LogP contribution in [0.2, 0.25) is 0 Å². The van der Waals surface area contributed by atoms with E-state index in [1.54, 1.807) is 18.2 Å². The number of nitrogens with one attached hydrogen (secondary N) is 2. The molecule has 4 rings (SSSR count). The van der Waals surface area contributed by atoms with Crippen molar-refractivity contribution in [1.82, 2.24) is 15.6 Å². The molecule has 3 N–H and O–H groups in total. The first-order valence-corrected chi connectivity index (χ1v) is 12.0. The number of carbonyl (C=O) groups excluding carboxylic acids is 1. The number of pyridine rings is 1. The Balaban J connectivity index is 1.46. The Bertz CT molecular complexity index is 1120. The molecule has 2 aliphatic rings. The lowest BCUT2D eigenvalue weighted by Crippen LogP contribution is -2.43. The fraction of sp³-hybridized carbons (Fsp3) is 0.480. The van der Waals surface area contributed by atoms with Crippen molar-refractivity contribution in [2.75, 3.05) is 0 Å². The predicted octanol–water partition coefficient (Wildman–Crippen LogP) is 3.62. The van der Waals surface area contributed by atoms with Crippen molar-refractivity contribution in [3.63, 3.8) is 0 Å². The van der Waals surface area contributed by atoms with Gasteiger partial charge < -0.3 is 29.8 Å². The minimum Gasteiger partial charge on any atom is -0.465 e. The molecule has 2 amide bonds. The van der Waals surface area contributed by atoms with Gasteiger partial charge >= 0.3 is 13.2 Å². The third kappa shape index (κ3) is 5.79. The summed E-state index contributed by atoms with van der Waals surface area (Å²) in [6.07, 6.45) is 2.35. The zero-order valence-corrected chi connectivity index (χ0v) is 20.8. The van der Waals surface area contributed by atoms with Crippen molar-refractivity contribution in [3.05, 3.63) is 47.9 Å². The maximum Gasteiger partial charge on any atom is 0.494 e. The normalized spacial score (nSPS) is 22.6. The number of rotatable bonds is 6. The predicted molar refractivity (Wildman–Crippen MR) is 131 cm³/mol. The van der Waals surface area contributed by atoms with Crippen LogP contribution in [0.15, 0.2) is 36.5 Å². The number of amides is 2. The van der Waals surface area contributed by atoms with E-state index >= 15 is 0 Å². The summed E-state index contributed by atoms with van der Waals surface area (Å²) in [4.78, 5) is 27.8. The number of hydrogen-bond donors (Lipinski definition) is 3. The largest absolute Gasteiger partial charge is 0.494 e. The number of benzene rings is 1. The summed E-state index contributed by atoms with van der Waals surface area (Å²) in [5.74, 6) is -0.793. The molecule has 1 aliphatic heterocycles. The Morgan fingerprint density at radius 1 is 1.06 bits per heavy atom. The second-order valence-electron chi connectivity index (χ2n) is 10.2. The van der Waals surface area contributed by atoms with E-state index in [0.717, 1.165) is 17.7 Å². The van der Waals surface area contributed by atoms with Crippen LogP contribution in [0.5, 0.6) is 11.6 Å². The molecular formula is C25H31BFN3O6. The molecule has 1 aliphatic carbocycles. The Kier molecular flexibility index (Phi) is 7.24. The average molecular weight is 499 g/mol. The van der Waals surface area contributed by atoms with Crippen LogP contribution in [-0.4, -0.2) is 52.5 Å². The first-order valence-electron chi connectivity index (χ1n) is 12.0. The summed E-state index contributed by atoms with van der Waals surface area (Å²) >= 11 is 0. The molecule has 2 heterocycles. The molecule has 0 unspecified atom stereocenters. The highest BCUT2D eigenvalue weighted by Crippen LogP contribution is 2.36. The van der Waals surface area contributed by atoms with Gasteiger partial charge in [0.2, 0.25) is 5.88 Å². The zero-order valence-electron chi connectivity index (χ0n) is 20.8. The number of nitrogens with zero attached hydrogens (tertiary/aromatic N) is 1. The lowest BCUT2D eigenvalue weighted by atomic mass is 9.79. The van der Waals surface area contributed by atoms with Gasteiger partial charge in [-0.25, -0.2) is 14.2 Å². The molecule has 1 saturated carbocycles. The maximum atomic E-state index is 14.0. The van der Waals surface area contributed by atoms with E-state index in [0.29, 0.717) is 31.4 Å². The minimum absolute atomic E-state index is 0.0261. The van der Waals surface area contributed by atoms with Crippen LogP contribution in [0.1, 0.15) is 63.7 Å². The molecule has 2 fully saturated rings. The van der Waals surface area contributed by atoms with Crippen LogP contribution in [0, 0.1) is 5.82 Å². The van der Waals surface area contributed by atoms with E-state index in [9.17, 15) is 14.0 Å². The first kappa shape index (κ1) is 25.9. The van der Waals surface area contributed by atoms with Gasteiger partial charge in [-0.05, 0) is 77.0 Å². The molecule has 0 spiro atoms. The fourth-order valence-corrected chi connectivity index (χ4v) is 4.31. The Morgan fingerprint density at radius 2 is 1.67 bits per heavy atom. The van der Waals surface area contributed by atoms with Gasteiger partial charge in [0.05, 0.1) is 17.4 Å². The Hall–Kier alpha value is -3.18. The average Bonchev–Trinajstić information content (AvgIpc) is 3.03. The summed E-state index contributed by atoms with van der Waals surface area (Å²) in [7, 11) is -0.590. The molecule has 1 saturated heterocycles. The molecule has 0 radical (unpaired) electrons. The highest BCUT2D eigenvalue weighted by molar-refractivity contribution is 6.62. The number of aromatic nitrogens is 1. The number of hydrogen-bond acceptors (Lipinski definition) is 6. The van der Waals surface area contributed by atoms with Crippen LogP contribution in [0.4, 0.5) is 9.18 Å². The second kappa shape index (κ2) is 10.1. The molecule has 192 valence electrons. The van der Waals surface area contributed by atoms with Gasteiger partial charge in [0, 0.05) is 12.1 Å². The van der Waals surface area contributed by atoms with Crippen LogP contribution < -0.4 is 20.8 Å². The van der Waals surface area contributed by atoms with E-state index in [2.05, 4.69) is 15.6 Å². The topological polar surface area (TPSA) is 119 Å². The van der Waals surface area contributed by atoms with Gasteiger partial charge in [0.25, 0.3) is 5.91 Å². The van der Waals surface area contributed by atoms with Crippen LogP contribution >= 0.6 is 0 Å². The fourth-order valence-electron chi connectivity index (χ4n) is 4.31. The number of halogens is 1. The SMILES string of the molecule is CC1(C)OB(c2cccc(Oc3ncc(F)cc3C(=O)N[C@H]3CC[C@H](NC(=O)O)CC3)c2)OC1(C)C. The van der Waals surface area contributed by atoms with Crippen LogP contribution in [0.3, 0.4) is 0 Å². The van der Waals surface area contributed by atoms with Crippen molar-refractivity contribution in [2.24, 2.45) is 0 Å². The molecule has 9 nitrogen and oxygen atoms in total. The molecule has 0 bridgehead atoms. The quantitative estimate of drug-likeness (QED) is 0.520. The summed E-state index contributed by atoms with van der Waals surface area (Å²) in [6, 6.07) is 7.88. The van der Waals surface area contributed by atoms with Crippen molar-refractivity contribution < 1.29 is 33.1 Å². The van der Waals surface area contributed by atoms with Crippen molar-refractivity contribution >= 4 is 24.6 Å². The maximum absolute atomic E-state index is 14.0. The number of carboxylic acid groups (broad SMARTS) is 1. The van der Waals surface area contributed by atoms with Gasteiger partial charge in [0.15, 0.2) is 0 Å². The highest BCUT2D eigenvalue weighted by Gasteiger charge is 2.51. The van der Waals surface area contributed by atoms with Gasteiger partial charge in [-0.1, -0.05) is 12.1 Å². The van der Waals surface area contributed by atoms with Crippen molar-refractivity contribution in [3.8, 4) is 11.6 Å². The summed E-state index contributed by atoms with van der Waals surface area (Å²) in [6.45, 7) is 7.87. The van der Waals surface area contributed by atoms with Gasteiger partial charge in [-0.2, -0.15) is 0 Å². The Morgan fingerprint density at radius 3 is 2.28 bits per heavy atom. The van der Waals surface area contributed by atoms with Crippen molar-refractivity contribution in [2.45, 2.75) is 76.7 Å². The van der Waals surface area contributed by atoms with E-state index in [-0.39, 0.29) is 23.5 Å². The van der Waals surface area contributed by atoms with E-state index in [1.165, 1.54) is 0 Å². The molecule has 2 aromatic rings. The molecule has 1 aromatic heterocycles. The number of ether oxygens (including phenoxy) is 1. The third-order valence-electron chi connectivity index (χ3n) is 7.05. The molecule has 11 heteroatoms.